The fourth-order valence-corrected chi connectivity index (χ4v) is 3.54. The maximum absolute atomic E-state index is 12.6. The van der Waals surface area contributed by atoms with Crippen LogP contribution in [-0.4, -0.2) is 28.4 Å². The molecule has 0 amide bonds. The van der Waals surface area contributed by atoms with E-state index in [0.717, 1.165) is 23.2 Å². The van der Waals surface area contributed by atoms with Gasteiger partial charge in [-0.25, -0.2) is 0 Å². The summed E-state index contributed by atoms with van der Waals surface area (Å²) in [5.74, 6) is 1.12. The third-order valence-corrected chi connectivity index (χ3v) is 4.95. The monoisotopic (exact) mass is 315 g/mol. The van der Waals surface area contributed by atoms with Crippen LogP contribution in [0.2, 0.25) is 0 Å². The molecule has 1 saturated heterocycles. The molecule has 124 valence electrons. The summed E-state index contributed by atoms with van der Waals surface area (Å²) in [5, 5.41) is 10.4. The molecule has 23 heavy (non-hydrogen) atoms. The van der Waals surface area contributed by atoms with Gasteiger partial charge in [0.15, 0.2) is 5.76 Å². The molecule has 0 aromatic heterocycles. The summed E-state index contributed by atoms with van der Waals surface area (Å²) in [6.07, 6.45) is 3.61. The van der Waals surface area contributed by atoms with E-state index in [4.69, 9.17) is 4.74 Å². The molecule has 0 saturated carbocycles. The second kappa shape index (κ2) is 6.00. The van der Waals surface area contributed by atoms with Gasteiger partial charge in [-0.3, -0.25) is 9.69 Å². The molecule has 4 nitrogen and oxygen atoms in total. The molecule has 1 N–H and O–H groups in total. The number of phenols is 1. The van der Waals surface area contributed by atoms with Crippen molar-refractivity contribution in [3.8, 4) is 11.5 Å². The van der Waals surface area contributed by atoms with Crippen molar-refractivity contribution in [2.24, 2.45) is 0 Å². The number of piperidine rings is 1. The van der Waals surface area contributed by atoms with Crippen molar-refractivity contribution in [3.05, 3.63) is 34.1 Å². The third-order valence-electron chi connectivity index (χ3n) is 4.95. The van der Waals surface area contributed by atoms with E-state index < -0.39 is 0 Å². The van der Waals surface area contributed by atoms with Gasteiger partial charge in [-0.2, -0.15) is 0 Å². The van der Waals surface area contributed by atoms with Crippen LogP contribution in [0, 0.1) is 6.92 Å². The number of aryl methyl sites for hydroxylation is 1. The number of fused-ring (bicyclic) bond motifs is 1. The van der Waals surface area contributed by atoms with E-state index >= 15 is 0 Å². The van der Waals surface area contributed by atoms with Crippen LogP contribution < -0.4 is 4.74 Å². The standard InChI is InChI=1S/C19H25NO3/c1-11(2)18-17(22)16-12(3)9-15(21)14(19(16)23-18)10-20-8-6-5-7-13(20)4/h9,13,21H,5-8,10H2,1-4H3. The zero-order valence-electron chi connectivity index (χ0n) is 14.4. The Morgan fingerprint density at radius 1 is 1.39 bits per heavy atom. The van der Waals surface area contributed by atoms with Gasteiger partial charge in [0.1, 0.15) is 11.5 Å². The number of hydrogen-bond donors (Lipinski definition) is 1. The highest BCUT2D eigenvalue weighted by Gasteiger charge is 2.34. The minimum Gasteiger partial charge on any atom is -0.507 e. The number of rotatable bonds is 2. The molecule has 0 radical (unpaired) electrons. The summed E-state index contributed by atoms with van der Waals surface area (Å²) in [4.78, 5) is 15.0. The van der Waals surface area contributed by atoms with E-state index in [1.807, 2.05) is 20.8 Å². The maximum atomic E-state index is 12.6. The molecule has 1 unspecified atom stereocenters. The molecule has 2 heterocycles. The summed E-state index contributed by atoms with van der Waals surface area (Å²) in [6, 6.07) is 2.18. The zero-order valence-corrected chi connectivity index (χ0v) is 14.4. The normalized spacial score (nSPS) is 21.3. The first-order valence-electron chi connectivity index (χ1n) is 8.39. The van der Waals surface area contributed by atoms with E-state index in [2.05, 4.69) is 11.8 Å². The third kappa shape index (κ3) is 2.76. The molecular formula is C19H25NO3. The van der Waals surface area contributed by atoms with Gasteiger partial charge in [-0.15, -0.1) is 0 Å². The van der Waals surface area contributed by atoms with E-state index in [-0.39, 0.29) is 11.5 Å². The lowest BCUT2D eigenvalue weighted by molar-refractivity contribution is 0.101. The van der Waals surface area contributed by atoms with Gasteiger partial charge >= 0.3 is 0 Å². The highest BCUT2D eigenvalue weighted by molar-refractivity contribution is 6.14. The summed E-state index contributed by atoms with van der Waals surface area (Å²) < 4.78 is 5.89. The smallest absolute Gasteiger partial charge is 0.232 e. The van der Waals surface area contributed by atoms with Crippen LogP contribution in [0.5, 0.6) is 11.5 Å². The number of nitrogens with zero attached hydrogens (tertiary/aromatic N) is 1. The second-order valence-corrected chi connectivity index (χ2v) is 6.97. The number of hydrogen-bond acceptors (Lipinski definition) is 4. The van der Waals surface area contributed by atoms with Crippen LogP contribution in [0.15, 0.2) is 17.4 Å². The fourth-order valence-electron chi connectivity index (χ4n) is 3.54. The minimum atomic E-state index is -0.0644. The Kier molecular flexibility index (Phi) is 4.19. The van der Waals surface area contributed by atoms with E-state index in [9.17, 15) is 9.90 Å². The van der Waals surface area contributed by atoms with Crippen molar-refractivity contribution in [1.29, 1.82) is 0 Å². The van der Waals surface area contributed by atoms with Gasteiger partial charge in [0.25, 0.3) is 0 Å². The van der Waals surface area contributed by atoms with Crippen molar-refractivity contribution in [2.45, 2.75) is 59.5 Å². The van der Waals surface area contributed by atoms with Gasteiger partial charge in [0.2, 0.25) is 5.78 Å². The Hall–Kier alpha value is -1.81. The second-order valence-electron chi connectivity index (χ2n) is 6.97. The Balaban J connectivity index is 2.03. The Bertz CT molecular complexity index is 686. The Labute approximate surface area is 137 Å². The summed E-state index contributed by atoms with van der Waals surface area (Å²) in [5.41, 5.74) is 2.99. The van der Waals surface area contributed by atoms with Gasteiger partial charge in [-0.05, 0) is 64.3 Å². The number of phenolic OH excluding ortho intramolecular Hbond substituents is 1. The molecule has 3 rings (SSSR count). The number of Topliss-reactive ketones (excluding diaryl/α,β-unsaturated/α-hetero) is 1. The number of ketones is 1. The summed E-state index contributed by atoms with van der Waals surface area (Å²) >= 11 is 0. The highest BCUT2D eigenvalue weighted by atomic mass is 16.5. The fraction of sp³-hybridized carbons (Fsp3) is 0.526. The van der Waals surface area contributed by atoms with Gasteiger partial charge in [-0.1, -0.05) is 6.42 Å². The van der Waals surface area contributed by atoms with Crippen molar-refractivity contribution in [1.82, 2.24) is 4.90 Å². The first-order valence-corrected chi connectivity index (χ1v) is 8.39. The molecule has 1 fully saturated rings. The molecule has 2 aliphatic heterocycles. The van der Waals surface area contributed by atoms with Crippen LogP contribution in [-0.2, 0) is 6.54 Å². The average molecular weight is 315 g/mol. The first kappa shape index (κ1) is 16.1. The van der Waals surface area contributed by atoms with Crippen LogP contribution >= 0.6 is 0 Å². The van der Waals surface area contributed by atoms with E-state index in [0.29, 0.717) is 29.7 Å². The number of benzene rings is 1. The lowest BCUT2D eigenvalue weighted by Crippen LogP contribution is -2.36. The molecule has 1 atom stereocenters. The molecule has 2 aliphatic rings. The molecule has 0 bridgehead atoms. The molecule has 4 heteroatoms. The SMILES string of the molecule is CC(C)=C1Oc2c(CN3CCCCC3C)c(O)cc(C)c2C1=O. The first-order chi connectivity index (χ1) is 10.9. The predicted octanol–water partition coefficient (Wildman–Crippen LogP) is 3.94. The number of likely N-dealkylation sites (tertiary alicyclic amines) is 1. The minimum absolute atomic E-state index is 0.0644. The topological polar surface area (TPSA) is 49.8 Å². The molecule has 0 spiro atoms. The largest absolute Gasteiger partial charge is 0.507 e. The quantitative estimate of drug-likeness (QED) is 0.840. The van der Waals surface area contributed by atoms with Crippen molar-refractivity contribution < 1.29 is 14.6 Å². The number of aromatic hydroxyl groups is 1. The molecule has 1 aromatic carbocycles. The van der Waals surface area contributed by atoms with Crippen molar-refractivity contribution in [2.75, 3.05) is 6.54 Å². The molecule has 1 aromatic rings. The van der Waals surface area contributed by atoms with Gasteiger partial charge < -0.3 is 9.84 Å². The van der Waals surface area contributed by atoms with E-state index in [1.165, 1.54) is 19.3 Å². The van der Waals surface area contributed by atoms with Crippen LogP contribution in [0.4, 0.5) is 0 Å². The molecule has 0 aliphatic carbocycles. The highest BCUT2D eigenvalue weighted by Crippen LogP contribution is 2.43. The lowest BCUT2D eigenvalue weighted by atomic mass is 9.97. The lowest BCUT2D eigenvalue weighted by Gasteiger charge is -2.33. The zero-order chi connectivity index (χ0) is 16.7. The number of ether oxygens (including phenoxy) is 1. The average Bonchev–Trinajstić information content (AvgIpc) is 2.83. The van der Waals surface area contributed by atoms with Crippen molar-refractivity contribution in [3.63, 3.8) is 0 Å². The summed E-state index contributed by atoms with van der Waals surface area (Å²) in [7, 11) is 0. The van der Waals surface area contributed by atoms with Crippen molar-refractivity contribution >= 4 is 5.78 Å². The predicted molar refractivity (Wildman–Crippen MR) is 89.9 cm³/mol. The van der Waals surface area contributed by atoms with Gasteiger partial charge in [0.05, 0.1) is 11.1 Å². The van der Waals surface area contributed by atoms with Crippen LogP contribution in [0.25, 0.3) is 0 Å². The van der Waals surface area contributed by atoms with Crippen LogP contribution in [0.3, 0.4) is 0 Å². The van der Waals surface area contributed by atoms with Gasteiger partial charge in [0, 0.05) is 12.6 Å². The van der Waals surface area contributed by atoms with E-state index in [1.54, 1.807) is 6.07 Å². The Morgan fingerprint density at radius 2 is 2.13 bits per heavy atom. The maximum Gasteiger partial charge on any atom is 0.232 e. The Morgan fingerprint density at radius 3 is 2.78 bits per heavy atom. The number of carbonyl (C=O) groups excluding carboxylic acids is 1. The number of allylic oxidation sites excluding steroid dienone is 2. The number of carbonyl (C=O) groups is 1. The summed E-state index contributed by atoms with van der Waals surface area (Å²) in [6.45, 7) is 9.46. The van der Waals surface area contributed by atoms with Crippen LogP contribution in [0.1, 0.15) is 61.5 Å². The molecular weight excluding hydrogens is 290 g/mol.